The second-order valence-corrected chi connectivity index (χ2v) is 10.2. The van der Waals surface area contributed by atoms with E-state index < -0.39 is 0 Å². The van der Waals surface area contributed by atoms with Gasteiger partial charge in [0, 0.05) is 42.1 Å². The molecule has 0 spiro atoms. The number of carbonyl (C=O) groups excluding carboxylic acids is 1. The first-order valence-corrected chi connectivity index (χ1v) is 13.5. The van der Waals surface area contributed by atoms with Crippen LogP contribution in [0.5, 0.6) is 0 Å². The van der Waals surface area contributed by atoms with Crippen LogP contribution in [0.4, 0.5) is 11.4 Å². The fraction of sp³-hybridized carbons (Fsp3) is 0.357. The summed E-state index contributed by atoms with van der Waals surface area (Å²) < 4.78 is 5.45. The molecule has 2 saturated heterocycles. The first-order chi connectivity index (χ1) is 17.6. The van der Waals surface area contributed by atoms with Crippen molar-refractivity contribution < 1.29 is 9.53 Å². The van der Waals surface area contributed by atoms with Crippen LogP contribution in [-0.4, -0.2) is 60.8 Å². The maximum atomic E-state index is 13.4. The highest BCUT2D eigenvalue weighted by molar-refractivity contribution is 7.08. The Balaban J connectivity index is 1.33. The Hall–Kier alpha value is -3.04. The number of anilines is 2. The van der Waals surface area contributed by atoms with Gasteiger partial charge in [0.1, 0.15) is 6.04 Å². The van der Waals surface area contributed by atoms with Gasteiger partial charge < -0.3 is 15.8 Å². The lowest BCUT2D eigenvalue weighted by Crippen LogP contribution is -2.35. The number of rotatable bonds is 8. The molecular weight excluding hydrogens is 470 g/mol. The first kappa shape index (κ1) is 24.6. The van der Waals surface area contributed by atoms with Crippen molar-refractivity contribution in [1.29, 1.82) is 5.41 Å². The van der Waals surface area contributed by atoms with Gasteiger partial charge in [-0.3, -0.25) is 20.0 Å². The molecule has 1 atom stereocenters. The average Bonchev–Trinajstić information content (AvgIpc) is 3.61. The van der Waals surface area contributed by atoms with E-state index in [1.54, 1.807) is 17.4 Å². The zero-order valence-electron chi connectivity index (χ0n) is 20.4. The Bertz CT molecular complexity index is 1200. The van der Waals surface area contributed by atoms with Crippen LogP contribution in [-0.2, 0) is 16.1 Å². The number of benzene rings is 2. The second-order valence-electron chi connectivity index (χ2n) is 9.46. The molecule has 7 nitrogen and oxygen atoms in total. The Morgan fingerprint density at radius 3 is 2.64 bits per heavy atom. The van der Waals surface area contributed by atoms with Crippen LogP contribution in [0.15, 0.2) is 59.3 Å². The minimum Gasteiger partial charge on any atom is -0.398 e. The SMILES string of the molecule is N=C(c1cccc(CN2CCOCC2)c1)c1cc(NC(=O)C(c2ccsc2)N2CCCC2)ccc1N. The maximum absolute atomic E-state index is 13.4. The van der Waals surface area contributed by atoms with Crippen LogP contribution in [0.25, 0.3) is 0 Å². The molecule has 2 aliphatic heterocycles. The second kappa shape index (κ2) is 11.3. The van der Waals surface area contributed by atoms with Crippen molar-refractivity contribution in [2.45, 2.75) is 25.4 Å². The fourth-order valence-electron chi connectivity index (χ4n) is 5.02. The summed E-state index contributed by atoms with van der Waals surface area (Å²) in [6.07, 6.45) is 2.23. The molecule has 1 aromatic heterocycles. The van der Waals surface area contributed by atoms with Gasteiger partial charge in [0.25, 0.3) is 0 Å². The molecule has 2 fully saturated rings. The summed E-state index contributed by atoms with van der Waals surface area (Å²) in [6.45, 7) is 6.03. The number of hydrogen-bond acceptors (Lipinski definition) is 7. The van der Waals surface area contributed by atoms with Crippen molar-refractivity contribution in [2.24, 2.45) is 0 Å². The van der Waals surface area contributed by atoms with E-state index in [0.717, 1.165) is 75.5 Å². The van der Waals surface area contributed by atoms with E-state index in [-0.39, 0.29) is 11.9 Å². The molecule has 36 heavy (non-hydrogen) atoms. The molecule has 0 aliphatic carbocycles. The number of amides is 1. The van der Waals surface area contributed by atoms with Gasteiger partial charge >= 0.3 is 0 Å². The van der Waals surface area contributed by atoms with Crippen LogP contribution < -0.4 is 11.1 Å². The molecule has 1 unspecified atom stereocenters. The predicted molar refractivity (Wildman–Crippen MR) is 146 cm³/mol. The van der Waals surface area contributed by atoms with Gasteiger partial charge in [0.2, 0.25) is 5.91 Å². The lowest BCUT2D eigenvalue weighted by atomic mass is 9.98. The van der Waals surface area contributed by atoms with Crippen molar-refractivity contribution in [2.75, 3.05) is 50.4 Å². The Kier molecular flexibility index (Phi) is 7.77. The number of nitrogen functional groups attached to an aromatic ring is 1. The molecule has 2 aliphatic rings. The minimum absolute atomic E-state index is 0.0509. The van der Waals surface area contributed by atoms with E-state index in [1.807, 2.05) is 35.7 Å². The van der Waals surface area contributed by atoms with Crippen molar-refractivity contribution in [3.63, 3.8) is 0 Å². The third kappa shape index (κ3) is 5.68. The van der Waals surface area contributed by atoms with Gasteiger partial charge in [-0.1, -0.05) is 18.2 Å². The van der Waals surface area contributed by atoms with Gasteiger partial charge in [0.15, 0.2) is 0 Å². The molecule has 0 bridgehead atoms. The highest BCUT2D eigenvalue weighted by Gasteiger charge is 2.30. The summed E-state index contributed by atoms with van der Waals surface area (Å²) in [4.78, 5) is 18.0. The zero-order valence-corrected chi connectivity index (χ0v) is 21.2. The highest BCUT2D eigenvalue weighted by atomic mass is 32.1. The van der Waals surface area contributed by atoms with Gasteiger partial charge in [-0.05, 0) is 78.2 Å². The quantitative estimate of drug-likeness (QED) is 0.314. The molecule has 3 aromatic rings. The number of hydrogen-bond donors (Lipinski definition) is 3. The summed E-state index contributed by atoms with van der Waals surface area (Å²) in [5.74, 6) is -0.0509. The largest absolute Gasteiger partial charge is 0.398 e. The van der Waals surface area contributed by atoms with Gasteiger partial charge in [0.05, 0.1) is 18.9 Å². The Morgan fingerprint density at radius 2 is 1.89 bits per heavy atom. The van der Waals surface area contributed by atoms with E-state index >= 15 is 0 Å². The third-order valence-corrected chi connectivity index (χ3v) is 7.63. The Morgan fingerprint density at radius 1 is 1.08 bits per heavy atom. The zero-order chi connectivity index (χ0) is 24.9. The Labute approximate surface area is 216 Å². The molecule has 1 amide bonds. The van der Waals surface area contributed by atoms with Crippen LogP contribution in [0.3, 0.4) is 0 Å². The molecule has 4 N–H and O–H groups in total. The van der Waals surface area contributed by atoms with E-state index in [1.165, 1.54) is 0 Å². The van der Waals surface area contributed by atoms with Crippen LogP contribution in [0, 0.1) is 5.41 Å². The number of carbonyl (C=O) groups is 1. The summed E-state index contributed by atoms with van der Waals surface area (Å²) in [7, 11) is 0. The maximum Gasteiger partial charge on any atom is 0.246 e. The summed E-state index contributed by atoms with van der Waals surface area (Å²) >= 11 is 1.61. The molecular formula is C28H33N5O2S. The van der Waals surface area contributed by atoms with E-state index in [0.29, 0.717) is 22.6 Å². The van der Waals surface area contributed by atoms with Crippen molar-refractivity contribution in [3.8, 4) is 0 Å². The van der Waals surface area contributed by atoms with Crippen molar-refractivity contribution in [3.05, 3.63) is 81.5 Å². The lowest BCUT2D eigenvalue weighted by molar-refractivity contribution is -0.121. The summed E-state index contributed by atoms with van der Waals surface area (Å²) in [5, 5.41) is 16.1. The van der Waals surface area contributed by atoms with Crippen molar-refractivity contribution in [1.82, 2.24) is 9.80 Å². The predicted octanol–water partition coefficient (Wildman–Crippen LogP) is 4.35. The average molecular weight is 504 g/mol. The monoisotopic (exact) mass is 503 g/mol. The number of thiophene rings is 1. The molecule has 3 heterocycles. The first-order valence-electron chi connectivity index (χ1n) is 12.5. The fourth-order valence-corrected chi connectivity index (χ4v) is 5.70. The normalized spacial score (nSPS) is 17.7. The standard InChI is InChI=1S/C28H33N5O2S/c29-25-7-6-23(31-28(34)27(22-8-15-36-19-22)33-9-1-2-10-33)17-24(25)26(30)21-5-3-4-20(16-21)18-32-11-13-35-14-12-32/h3-8,15-17,19,27,30H,1-2,9-14,18,29H2,(H,31,34). The molecule has 5 rings (SSSR count). The number of nitrogens with zero attached hydrogens (tertiary/aromatic N) is 2. The molecule has 0 saturated carbocycles. The number of nitrogens with one attached hydrogen (secondary N) is 2. The van der Waals surface area contributed by atoms with E-state index in [9.17, 15) is 4.79 Å². The highest BCUT2D eigenvalue weighted by Crippen LogP contribution is 2.29. The molecule has 8 heteroatoms. The van der Waals surface area contributed by atoms with Gasteiger partial charge in [-0.25, -0.2) is 0 Å². The minimum atomic E-state index is -0.309. The van der Waals surface area contributed by atoms with Crippen LogP contribution >= 0.6 is 11.3 Å². The lowest BCUT2D eigenvalue weighted by Gasteiger charge is -2.26. The number of likely N-dealkylation sites (tertiary alicyclic amines) is 1. The molecule has 0 radical (unpaired) electrons. The number of nitrogens with two attached hydrogens (primary N) is 1. The van der Waals surface area contributed by atoms with Crippen molar-refractivity contribution >= 4 is 34.3 Å². The number of morpholine rings is 1. The van der Waals surface area contributed by atoms with E-state index in [2.05, 4.69) is 32.6 Å². The molecule has 188 valence electrons. The van der Waals surface area contributed by atoms with Gasteiger partial charge in [-0.15, -0.1) is 0 Å². The third-order valence-electron chi connectivity index (χ3n) is 6.93. The van der Waals surface area contributed by atoms with Crippen LogP contribution in [0.2, 0.25) is 0 Å². The molecule has 2 aromatic carbocycles. The van der Waals surface area contributed by atoms with Crippen LogP contribution in [0.1, 0.15) is 41.1 Å². The smallest absolute Gasteiger partial charge is 0.246 e. The topological polar surface area (TPSA) is 94.7 Å². The van der Waals surface area contributed by atoms with Gasteiger partial charge in [-0.2, -0.15) is 11.3 Å². The number of ether oxygens (including phenoxy) is 1. The summed E-state index contributed by atoms with van der Waals surface area (Å²) in [5.41, 5.74) is 11.4. The van der Waals surface area contributed by atoms with E-state index in [4.69, 9.17) is 15.9 Å². The summed E-state index contributed by atoms with van der Waals surface area (Å²) in [6, 6.07) is 15.2.